The van der Waals surface area contributed by atoms with Crippen molar-refractivity contribution in [3.05, 3.63) is 64.9 Å². The van der Waals surface area contributed by atoms with Gasteiger partial charge in [-0.3, -0.25) is 9.59 Å². The Morgan fingerprint density at radius 1 is 1.20 bits per heavy atom. The Morgan fingerprint density at radius 2 is 1.88 bits per heavy atom. The van der Waals surface area contributed by atoms with E-state index in [1.165, 1.54) is 25.1 Å². The fourth-order valence-electron chi connectivity index (χ4n) is 2.55. The molecule has 4 nitrogen and oxygen atoms in total. The highest BCUT2D eigenvalue weighted by Gasteiger charge is 2.19. The van der Waals surface area contributed by atoms with Gasteiger partial charge in [-0.15, -0.1) is 0 Å². The number of anilines is 1. The summed E-state index contributed by atoms with van der Waals surface area (Å²) in [5.41, 5.74) is 1.42. The summed E-state index contributed by atoms with van der Waals surface area (Å²) >= 11 is 5.70. The minimum absolute atomic E-state index is 0.0548. The van der Waals surface area contributed by atoms with Gasteiger partial charge in [0.15, 0.2) is 0 Å². The number of benzene rings is 2. The first-order valence-corrected chi connectivity index (χ1v) is 8.33. The Kier molecular flexibility index (Phi) is 6.53. The van der Waals surface area contributed by atoms with Crippen molar-refractivity contribution >= 4 is 29.1 Å². The number of halogens is 2. The number of nitrogens with zero attached hydrogens (tertiary/aromatic N) is 1. The van der Waals surface area contributed by atoms with Gasteiger partial charge in [-0.1, -0.05) is 41.9 Å². The third-order valence-electron chi connectivity index (χ3n) is 3.94. The van der Waals surface area contributed by atoms with Gasteiger partial charge in [-0.05, 0) is 30.7 Å². The molecule has 0 aliphatic carbocycles. The van der Waals surface area contributed by atoms with E-state index >= 15 is 0 Å². The summed E-state index contributed by atoms with van der Waals surface area (Å²) < 4.78 is 13.1. The Labute approximate surface area is 151 Å². The number of hydrogen-bond donors (Lipinski definition) is 1. The molecule has 0 aliphatic rings. The molecule has 0 radical (unpaired) electrons. The van der Waals surface area contributed by atoms with E-state index in [1.807, 2.05) is 37.3 Å². The third-order valence-corrected chi connectivity index (χ3v) is 4.23. The van der Waals surface area contributed by atoms with Crippen LogP contribution in [0.3, 0.4) is 0 Å². The van der Waals surface area contributed by atoms with Crippen LogP contribution in [0, 0.1) is 5.82 Å². The lowest BCUT2D eigenvalue weighted by Gasteiger charge is -2.28. The van der Waals surface area contributed by atoms with Crippen LogP contribution in [0.1, 0.15) is 31.9 Å². The fraction of sp³-hybridized carbons (Fsp3) is 0.263. The van der Waals surface area contributed by atoms with Gasteiger partial charge in [0.25, 0.3) is 0 Å². The van der Waals surface area contributed by atoms with Gasteiger partial charge in [-0.25, -0.2) is 4.39 Å². The summed E-state index contributed by atoms with van der Waals surface area (Å²) in [5.74, 6) is -0.915. The minimum atomic E-state index is -0.542. The van der Waals surface area contributed by atoms with E-state index < -0.39 is 5.82 Å². The van der Waals surface area contributed by atoms with Crippen LogP contribution in [0.5, 0.6) is 0 Å². The van der Waals surface area contributed by atoms with Crippen LogP contribution in [-0.2, 0) is 9.59 Å². The Bertz CT molecular complexity index is 752. The summed E-state index contributed by atoms with van der Waals surface area (Å²) in [6.07, 6.45) is 0.131. The number of carbonyl (C=O) groups excluding carboxylic acids is 2. The monoisotopic (exact) mass is 362 g/mol. The average molecular weight is 363 g/mol. The highest BCUT2D eigenvalue weighted by Crippen LogP contribution is 2.21. The fourth-order valence-corrected chi connectivity index (χ4v) is 2.74. The normalized spacial score (nSPS) is 11.7. The second-order valence-corrected chi connectivity index (χ2v) is 6.13. The summed E-state index contributed by atoms with van der Waals surface area (Å²) in [5, 5.41) is 2.60. The van der Waals surface area contributed by atoms with E-state index in [9.17, 15) is 14.0 Å². The number of hydrogen-bond acceptors (Lipinski definition) is 2. The molecule has 0 saturated carbocycles. The second kappa shape index (κ2) is 8.62. The van der Waals surface area contributed by atoms with Gasteiger partial charge in [0.2, 0.25) is 11.8 Å². The largest absolute Gasteiger partial charge is 0.336 e. The lowest BCUT2D eigenvalue weighted by molar-refractivity contribution is -0.131. The van der Waals surface area contributed by atoms with E-state index in [-0.39, 0.29) is 35.8 Å². The van der Waals surface area contributed by atoms with Crippen molar-refractivity contribution in [3.8, 4) is 0 Å². The standard InChI is InChI=1S/C19H20ClFN2O2/c1-13(15-6-4-3-5-7-15)23(14(2)24)11-10-19(25)22-16-8-9-18(21)17(20)12-16/h3-9,12-13H,10-11H2,1-2H3,(H,22,25). The van der Waals surface area contributed by atoms with Crippen molar-refractivity contribution in [3.63, 3.8) is 0 Å². The Morgan fingerprint density at radius 3 is 2.48 bits per heavy atom. The molecule has 0 heterocycles. The molecule has 0 spiro atoms. The minimum Gasteiger partial charge on any atom is -0.336 e. The zero-order chi connectivity index (χ0) is 18.4. The van der Waals surface area contributed by atoms with Crippen molar-refractivity contribution in [1.29, 1.82) is 0 Å². The molecule has 6 heteroatoms. The van der Waals surface area contributed by atoms with E-state index in [1.54, 1.807) is 4.90 Å². The van der Waals surface area contributed by atoms with Crippen molar-refractivity contribution in [1.82, 2.24) is 4.90 Å². The van der Waals surface area contributed by atoms with Crippen molar-refractivity contribution in [2.45, 2.75) is 26.3 Å². The predicted octanol–water partition coefficient (Wildman–Crippen LogP) is 4.42. The number of carbonyl (C=O) groups is 2. The lowest BCUT2D eigenvalue weighted by atomic mass is 10.1. The maximum atomic E-state index is 13.1. The zero-order valence-corrected chi connectivity index (χ0v) is 14.9. The molecule has 0 saturated heterocycles. The molecule has 2 aromatic carbocycles. The summed E-state index contributed by atoms with van der Waals surface area (Å²) in [7, 11) is 0. The second-order valence-electron chi connectivity index (χ2n) is 5.73. The lowest BCUT2D eigenvalue weighted by Crippen LogP contribution is -2.34. The van der Waals surface area contributed by atoms with Crippen LogP contribution in [-0.4, -0.2) is 23.3 Å². The Balaban J connectivity index is 1.97. The molecule has 1 atom stereocenters. The van der Waals surface area contributed by atoms with Crippen LogP contribution in [0.25, 0.3) is 0 Å². The average Bonchev–Trinajstić information content (AvgIpc) is 2.58. The van der Waals surface area contributed by atoms with E-state index in [0.717, 1.165) is 5.56 Å². The van der Waals surface area contributed by atoms with Crippen LogP contribution >= 0.6 is 11.6 Å². The Hall–Kier alpha value is -2.40. The predicted molar refractivity (Wildman–Crippen MR) is 96.9 cm³/mol. The molecule has 0 aliphatic heterocycles. The SMILES string of the molecule is CC(=O)N(CCC(=O)Nc1ccc(F)c(Cl)c1)C(C)c1ccccc1. The van der Waals surface area contributed by atoms with Crippen molar-refractivity contribution in [2.75, 3.05) is 11.9 Å². The van der Waals surface area contributed by atoms with E-state index in [4.69, 9.17) is 11.6 Å². The third kappa shape index (κ3) is 5.29. The zero-order valence-electron chi connectivity index (χ0n) is 14.1. The number of nitrogens with one attached hydrogen (secondary N) is 1. The van der Waals surface area contributed by atoms with Crippen LogP contribution in [0.2, 0.25) is 5.02 Å². The first kappa shape index (κ1) is 18.9. The van der Waals surface area contributed by atoms with Crippen LogP contribution in [0.15, 0.2) is 48.5 Å². The molecule has 25 heavy (non-hydrogen) atoms. The molecule has 0 bridgehead atoms. The van der Waals surface area contributed by atoms with Gasteiger partial charge >= 0.3 is 0 Å². The highest BCUT2D eigenvalue weighted by molar-refractivity contribution is 6.31. The highest BCUT2D eigenvalue weighted by atomic mass is 35.5. The summed E-state index contributed by atoms with van der Waals surface area (Å²) in [6.45, 7) is 3.69. The first-order chi connectivity index (χ1) is 11.9. The summed E-state index contributed by atoms with van der Waals surface area (Å²) in [6, 6.07) is 13.5. The quantitative estimate of drug-likeness (QED) is 0.827. The summed E-state index contributed by atoms with van der Waals surface area (Å²) in [4.78, 5) is 25.7. The van der Waals surface area contributed by atoms with Gasteiger partial charge < -0.3 is 10.2 Å². The smallest absolute Gasteiger partial charge is 0.226 e. The van der Waals surface area contributed by atoms with Crippen LogP contribution < -0.4 is 5.32 Å². The van der Waals surface area contributed by atoms with Crippen LogP contribution in [0.4, 0.5) is 10.1 Å². The van der Waals surface area contributed by atoms with Gasteiger partial charge in [0, 0.05) is 25.6 Å². The molecule has 1 N–H and O–H groups in total. The maximum absolute atomic E-state index is 13.1. The van der Waals surface area contributed by atoms with Gasteiger partial charge in [0.05, 0.1) is 11.1 Å². The molecule has 132 valence electrons. The number of amides is 2. The molecule has 0 aromatic heterocycles. The molecule has 1 unspecified atom stereocenters. The van der Waals surface area contributed by atoms with Gasteiger partial charge in [-0.2, -0.15) is 0 Å². The molecular formula is C19H20ClFN2O2. The molecule has 2 aromatic rings. The number of rotatable bonds is 6. The van der Waals surface area contributed by atoms with E-state index in [0.29, 0.717) is 5.69 Å². The van der Waals surface area contributed by atoms with Gasteiger partial charge in [0.1, 0.15) is 5.82 Å². The topological polar surface area (TPSA) is 49.4 Å². The molecular weight excluding hydrogens is 343 g/mol. The molecule has 2 amide bonds. The molecule has 0 fully saturated rings. The van der Waals surface area contributed by atoms with Crippen molar-refractivity contribution in [2.24, 2.45) is 0 Å². The maximum Gasteiger partial charge on any atom is 0.226 e. The first-order valence-electron chi connectivity index (χ1n) is 7.95. The van der Waals surface area contributed by atoms with E-state index in [2.05, 4.69) is 5.32 Å². The van der Waals surface area contributed by atoms with Crippen molar-refractivity contribution < 1.29 is 14.0 Å². The molecule has 2 rings (SSSR count).